The highest BCUT2D eigenvalue weighted by molar-refractivity contribution is 6.01. The Balaban J connectivity index is 1.70. The van der Waals surface area contributed by atoms with E-state index in [1.54, 1.807) is 6.20 Å². The highest BCUT2D eigenvalue weighted by Gasteiger charge is 2.23. The molecule has 31 heavy (non-hydrogen) atoms. The second-order valence-electron chi connectivity index (χ2n) is 8.09. The van der Waals surface area contributed by atoms with Gasteiger partial charge in [0, 0.05) is 48.4 Å². The van der Waals surface area contributed by atoms with Gasteiger partial charge >= 0.3 is 0 Å². The summed E-state index contributed by atoms with van der Waals surface area (Å²) in [4.78, 5) is 18.2. The van der Waals surface area contributed by atoms with E-state index in [4.69, 9.17) is 0 Å². The van der Waals surface area contributed by atoms with Gasteiger partial charge in [-0.05, 0) is 61.2 Å². The van der Waals surface area contributed by atoms with E-state index in [0.717, 1.165) is 35.5 Å². The first-order valence-corrected chi connectivity index (χ1v) is 10.7. The van der Waals surface area contributed by atoms with Gasteiger partial charge in [0.15, 0.2) is 0 Å². The lowest BCUT2D eigenvalue weighted by molar-refractivity contribution is -0.117. The molecule has 5 heteroatoms. The van der Waals surface area contributed by atoms with Gasteiger partial charge in [-0.3, -0.25) is 9.78 Å². The summed E-state index contributed by atoms with van der Waals surface area (Å²) < 4.78 is 0. The molecule has 1 aromatic heterocycles. The number of aryl methyl sites for hydroxylation is 2. The Kier molecular flexibility index (Phi) is 6.12. The summed E-state index contributed by atoms with van der Waals surface area (Å²) in [6, 6.07) is 20.3. The van der Waals surface area contributed by atoms with E-state index in [2.05, 4.69) is 41.3 Å². The molecule has 1 saturated heterocycles. The number of pyridine rings is 1. The van der Waals surface area contributed by atoms with Crippen molar-refractivity contribution in [2.45, 2.75) is 39.0 Å². The quantitative estimate of drug-likeness (QED) is 0.342. The molecule has 1 amide bonds. The van der Waals surface area contributed by atoms with Gasteiger partial charge in [0.1, 0.15) is 0 Å². The monoisotopic (exact) mass is 413 g/mol. The van der Waals surface area contributed by atoms with Crippen LogP contribution in [0.3, 0.4) is 0 Å². The van der Waals surface area contributed by atoms with Crippen molar-refractivity contribution in [2.75, 3.05) is 11.4 Å². The van der Waals surface area contributed by atoms with Gasteiger partial charge in [-0.2, -0.15) is 0 Å². The van der Waals surface area contributed by atoms with Gasteiger partial charge in [0.05, 0.1) is 5.71 Å². The Morgan fingerprint density at radius 2 is 1.90 bits per heavy atom. The topological polar surface area (TPSA) is 65.8 Å². The van der Waals surface area contributed by atoms with E-state index < -0.39 is 0 Å². The molecule has 4 rings (SSSR count). The average Bonchev–Trinajstić information content (AvgIpc) is 3.21. The lowest BCUT2D eigenvalue weighted by Gasteiger charge is -2.22. The zero-order valence-electron chi connectivity index (χ0n) is 18.0. The van der Waals surface area contributed by atoms with Gasteiger partial charge in [-0.1, -0.05) is 41.6 Å². The van der Waals surface area contributed by atoms with Gasteiger partial charge in [0.25, 0.3) is 0 Å². The Bertz CT molecular complexity index is 1110. The van der Waals surface area contributed by atoms with E-state index in [0.29, 0.717) is 18.6 Å². The third-order valence-electron chi connectivity index (χ3n) is 5.99. The summed E-state index contributed by atoms with van der Waals surface area (Å²) in [6.45, 7) is 4.81. The second-order valence-corrected chi connectivity index (χ2v) is 8.09. The third kappa shape index (κ3) is 4.50. The van der Waals surface area contributed by atoms with Crippen LogP contribution in [0.2, 0.25) is 0 Å². The fourth-order valence-corrected chi connectivity index (χ4v) is 4.33. The van der Waals surface area contributed by atoms with Crippen LogP contribution in [0, 0.1) is 13.8 Å². The lowest BCUT2D eigenvalue weighted by Crippen LogP contribution is -2.23. The van der Waals surface area contributed by atoms with Crippen molar-refractivity contribution in [1.29, 1.82) is 0 Å². The minimum Gasteiger partial charge on any atom is -0.411 e. The number of anilines is 1. The largest absolute Gasteiger partial charge is 0.411 e. The van der Waals surface area contributed by atoms with Crippen molar-refractivity contribution in [3.05, 3.63) is 94.8 Å². The number of rotatable bonds is 6. The van der Waals surface area contributed by atoms with E-state index >= 15 is 0 Å². The predicted molar refractivity (Wildman–Crippen MR) is 123 cm³/mol. The van der Waals surface area contributed by atoms with Crippen molar-refractivity contribution in [3.8, 4) is 0 Å². The van der Waals surface area contributed by atoms with Crippen LogP contribution in [0.15, 0.2) is 72.0 Å². The number of hydrogen-bond donors (Lipinski definition) is 1. The zero-order valence-corrected chi connectivity index (χ0v) is 18.0. The van der Waals surface area contributed by atoms with Crippen molar-refractivity contribution >= 4 is 17.3 Å². The summed E-state index contributed by atoms with van der Waals surface area (Å²) in [6.07, 6.45) is 3.82. The Labute approximate surface area is 183 Å². The zero-order chi connectivity index (χ0) is 21.8. The molecule has 0 aliphatic carbocycles. The Morgan fingerprint density at radius 1 is 1.13 bits per heavy atom. The lowest BCUT2D eigenvalue weighted by atomic mass is 9.83. The molecule has 0 spiro atoms. The first-order valence-electron chi connectivity index (χ1n) is 10.7. The van der Waals surface area contributed by atoms with Crippen LogP contribution in [0.25, 0.3) is 0 Å². The standard InChI is InChI=1S/C26H27N3O2/c1-18-6-3-4-7-23(18)24(17-25(28-31)21-13-14-27-19(2)16-21)20-9-11-22(12-10-20)29-15-5-8-26(29)30/h3-4,6-7,9-14,16,24,31H,5,8,15,17H2,1-2H3/b28-25-/t24-/m1/s1. The van der Waals surface area contributed by atoms with Crippen LogP contribution < -0.4 is 4.90 Å². The maximum absolute atomic E-state index is 12.1. The minimum absolute atomic E-state index is 0.0175. The molecule has 0 saturated carbocycles. The van der Waals surface area contributed by atoms with Crippen LogP contribution in [-0.4, -0.2) is 28.4 Å². The molecule has 1 aliphatic rings. The molecule has 1 aliphatic heterocycles. The Hall–Kier alpha value is -3.47. The maximum atomic E-state index is 12.1. The molecule has 3 aromatic rings. The van der Waals surface area contributed by atoms with Crippen LogP contribution in [0.1, 0.15) is 53.1 Å². The van der Waals surface area contributed by atoms with Gasteiger partial charge in [0.2, 0.25) is 5.91 Å². The van der Waals surface area contributed by atoms with E-state index in [1.807, 2.05) is 48.2 Å². The summed E-state index contributed by atoms with van der Waals surface area (Å²) in [5.41, 5.74) is 6.82. The van der Waals surface area contributed by atoms with Crippen molar-refractivity contribution in [1.82, 2.24) is 4.98 Å². The van der Waals surface area contributed by atoms with Gasteiger partial charge in [-0.15, -0.1) is 0 Å². The van der Waals surface area contributed by atoms with E-state index in [-0.39, 0.29) is 11.8 Å². The first-order chi connectivity index (χ1) is 15.1. The summed E-state index contributed by atoms with van der Waals surface area (Å²) in [5, 5.41) is 13.5. The summed E-state index contributed by atoms with van der Waals surface area (Å²) >= 11 is 0. The molecule has 0 bridgehead atoms. The molecule has 2 aromatic carbocycles. The van der Waals surface area contributed by atoms with Gasteiger partial charge in [-0.25, -0.2) is 0 Å². The molecule has 5 nitrogen and oxygen atoms in total. The molecule has 1 atom stereocenters. The maximum Gasteiger partial charge on any atom is 0.227 e. The average molecular weight is 414 g/mol. The number of hydrogen-bond acceptors (Lipinski definition) is 4. The van der Waals surface area contributed by atoms with Crippen molar-refractivity contribution in [3.63, 3.8) is 0 Å². The van der Waals surface area contributed by atoms with E-state index in [1.165, 1.54) is 11.1 Å². The predicted octanol–water partition coefficient (Wildman–Crippen LogP) is 5.23. The van der Waals surface area contributed by atoms with Crippen LogP contribution in [-0.2, 0) is 4.79 Å². The molecule has 158 valence electrons. The Morgan fingerprint density at radius 3 is 2.55 bits per heavy atom. The highest BCUT2D eigenvalue weighted by Crippen LogP contribution is 2.33. The number of amides is 1. The number of oxime groups is 1. The third-order valence-corrected chi connectivity index (χ3v) is 5.99. The molecular weight excluding hydrogens is 386 g/mol. The number of carbonyl (C=O) groups is 1. The van der Waals surface area contributed by atoms with Crippen molar-refractivity contribution in [2.24, 2.45) is 5.16 Å². The highest BCUT2D eigenvalue weighted by atomic mass is 16.4. The molecule has 1 fully saturated rings. The number of nitrogens with zero attached hydrogens (tertiary/aromatic N) is 3. The number of benzene rings is 2. The van der Waals surface area contributed by atoms with Crippen LogP contribution in [0.5, 0.6) is 0 Å². The number of aromatic nitrogens is 1. The molecule has 1 N–H and O–H groups in total. The molecule has 0 radical (unpaired) electrons. The normalized spacial score (nSPS) is 15.4. The molecular formula is C26H27N3O2. The number of carbonyl (C=O) groups excluding carboxylic acids is 1. The smallest absolute Gasteiger partial charge is 0.227 e. The first kappa shape index (κ1) is 20.8. The van der Waals surface area contributed by atoms with E-state index in [9.17, 15) is 10.0 Å². The second kappa shape index (κ2) is 9.13. The van der Waals surface area contributed by atoms with Gasteiger partial charge < -0.3 is 10.1 Å². The van der Waals surface area contributed by atoms with Crippen LogP contribution in [0.4, 0.5) is 5.69 Å². The summed E-state index contributed by atoms with van der Waals surface area (Å²) in [5.74, 6) is 0.204. The van der Waals surface area contributed by atoms with Crippen molar-refractivity contribution < 1.29 is 10.0 Å². The minimum atomic E-state index is 0.0175. The molecule has 2 heterocycles. The fourth-order valence-electron chi connectivity index (χ4n) is 4.33. The molecule has 0 unspecified atom stereocenters. The fraction of sp³-hybridized carbons (Fsp3) is 0.269. The summed E-state index contributed by atoms with van der Waals surface area (Å²) in [7, 11) is 0. The SMILES string of the molecule is Cc1cc(/C(C[C@H](c2ccc(N3CCCC3=O)cc2)c2ccccc2C)=N\O)ccn1. The van der Waals surface area contributed by atoms with Crippen LogP contribution >= 0.6 is 0 Å².